The van der Waals surface area contributed by atoms with Crippen molar-refractivity contribution in [2.45, 2.75) is 45.3 Å². The van der Waals surface area contributed by atoms with Crippen LogP contribution in [0.3, 0.4) is 0 Å². The third kappa shape index (κ3) is 4.19. The molecular formula is C16H22N2O4. The number of carbonyl (C=O) groups is 2. The molecular weight excluding hydrogens is 284 g/mol. The molecule has 0 unspecified atom stereocenters. The van der Waals surface area contributed by atoms with Gasteiger partial charge in [-0.05, 0) is 51.2 Å². The van der Waals surface area contributed by atoms with Gasteiger partial charge in [0.2, 0.25) is 0 Å². The maximum absolute atomic E-state index is 12.2. The molecule has 0 radical (unpaired) electrons. The van der Waals surface area contributed by atoms with Crippen LogP contribution in [0.25, 0.3) is 0 Å². The fourth-order valence-corrected chi connectivity index (χ4v) is 2.68. The summed E-state index contributed by atoms with van der Waals surface area (Å²) in [6, 6.07) is 2.99. The van der Waals surface area contributed by atoms with Gasteiger partial charge in [-0.2, -0.15) is 0 Å². The van der Waals surface area contributed by atoms with E-state index in [1.165, 1.54) is 4.90 Å². The van der Waals surface area contributed by atoms with E-state index >= 15 is 0 Å². The van der Waals surface area contributed by atoms with E-state index in [1.807, 2.05) is 12.1 Å². The highest BCUT2D eigenvalue weighted by Crippen LogP contribution is 2.28. The van der Waals surface area contributed by atoms with Crippen molar-refractivity contribution in [3.05, 3.63) is 30.1 Å². The smallest absolute Gasteiger partial charge is 0.411 e. The highest BCUT2D eigenvalue weighted by atomic mass is 16.6. The van der Waals surface area contributed by atoms with E-state index in [0.717, 1.165) is 5.56 Å². The van der Waals surface area contributed by atoms with E-state index in [-0.39, 0.29) is 5.92 Å². The first-order chi connectivity index (χ1) is 10.3. The van der Waals surface area contributed by atoms with Gasteiger partial charge in [-0.25, -0.2) is 9.59 Å². The molecule has 0 aromatic carbocycles. The summed E-state index contributed by atoms with van der Waals surface area (Å²) in [6.07, 6.45) is 4.05. The van der Waals surface area contributed by atoms with E-state index in [9.17, 15) is 14.7 Å². The fraction of sp³-hybridized carbons (Fsp3) is 0.562. The Morgan fingerprint density at radius 2 is 2.18 bits per heavy atom. The fourth-order valence-electron chi connectivity index (χ4n) is 2.68. The molecule has 1 fully saturated rings. The van der Waals surface area contributed by atoms with Gasteiger partial charge in [-0.15, -0.1) is 0 Å². The van der Waals surface area contributed by atoms with Crippen LogP contribution in [0.1, 0.15) is 32.8 Å². The van der Waals surface area contributed by atoms with Gasteiger partial charge < -0.3 is 9.84 Å². The van der Waals surface area contributed by atoms with E-state index < -0.39 is 23.7 Å². The zero-order chi connectivity index (χ0) is 16.3. The van der Waals surface area contributed by atoms with Crippen LogP contribution < -0.4 is 0 Å². The van der Waals surface area contributed by atoms with Crippen LogP contribution in [0.2, 0.25) is 0 Å². The summed E-state index contributed by atoms with van der Waals surface area (Å²) in [4.78, 5) is 29.0. The lowest BCUT2D eigenvalue weighted by atomic mass is 9.98. The number of aliphatic carboxylic acids is 1. The first kappa shape index (κ1) is 16.3. The third-order valence-electron chi connectivity index (χ3n) is 3.55. The van der Waals surface area contributed by atoms with Gasteiger partial charge in [0.05, 0.1) is 0 Å². The predicted molar refractivity (Wildman–Crippen MR) is 80.4 cm³/mol. The van der Waals surface area contributed by atoms with Gasteiger partial charge in [0, 0.05) is 18.9 Å². The number of aromatic nitrogens is 1. The number of likely N-dealkylation sites (tertiary alicyclic amines) is 1. The SMILES string of the molecule is CC(C)(C)OC(=O)N1C[C@H](Cc2cccnc2)C[C@H]1C(=O)O. The second-order valence-corrected chi connectivity index (χ2v) is 6.65. The van der Waals surface area contributed by atoms with Crippen molar-refractivity contribution in [1.29, 1.82) is 0 Å². The Balaban J connectivity index is 2.06. The summed E-state index contributed by atoms with van der Waals surface area (Å²) in [5.41, 5.74) is 0.407. The van der Waals surface area contributed by atoms with Crippen molar-refractivity contribution in [1.82, 2.24) is 9.88 Å². The molecule has 0 bridgehead atoms. The first-order valence-corrected chi connectivity index (χ1v) is 7.37. The standard InChI is InChI=1S/C16H22N2O4/c1-16(2,3)22-15(21)18-10-12(8-13(18)14(19)20)7-11-5-4-6-17-9-11/h4-6,9,12-13H,7-8,10H2,1-3H3,(H,19,20)/t12-,13+/m1/s1. The molecule has 120 valence electrons. The van der Waals surface area contributed by atoms with Gasteiger partial charge >= 0.3 is 12.1 Å². The summed E-state index contributed by atoms with van der Waals surface area (Å²) in [7, 11) is 0. The van der Waals surface area contributed by atoms with Crippen LogP contribution in [0.5, 0.6) is 0 Å². The van der Waals surface area contributed by atoms with E-state index in [2.05, 4.69) is 4.98 Å². The average Bonchev–Trinajstić information content (AvgIpc) is 2.82. The van der Waals surface area contributed by atoms with Crippen LogP contribution in [0.4, 0.5) is 4.79 Å². The molecule has 2 atom stereocenters. The normalized spacial score (nSPS) is 21.7. The minimum atomic E-state index is -0.987. The molecule has 2 heterocycles. The zero-order valence-electron chi connectivity index (χ0n) is 13.2. The summed E-state index contributed by atoms with van der Waals surface area (Å²) in [6.45, 7) is 5.69. The minimum Gasteiger partial charge on any atom is -0.480 e. The second-order valence-electron chi connectivity index (χ2n) is 6.65. The maximum atomic E-state index is 12.2. The molecule has 22 heavy (non-hydrogen) atoms. The number of nitrogens with zero attached hydrogens (tertiary/aromatic N) is 2. The Hall–Kier alpha value is -2.11. The summed E-state index contributed by atoms with van der Waals surface area (Å²) < 4.78 is 5.31. The molecule has 1 aromatic rings. The molecule has 0 spiro atoms. The number of carbonyl (C=O) groups excluding carboxylic acids is 1. The molecule has 1 aliphatic rings. The number of hydrogen-bond donors (Lipinski definition) is 1. The number of hydrogen-bond acceptors (Lipinski definition) is 4. The van der Waals surface area contributed by atoms with Crippen molar-refractivity contribution in [3.63, 3.8) is 0 Å². The first-order valence-electron chi connectivity index (χ1n) is 7.37. The highest BCUT2D eigenvalue weighted by Gasteiger charge is 2.41. The van der Waals surface area contributed by atoms with Gasteiger partial charge in [-0.1, -0.05) is 6.07 Å². The third-order valence-corrected chi connectivity index (χ3v) is 3.55. The lowest BCUT2D eigenvalue weighted by Crippen LogP contribution is -2.43. The van der Waals surface area contributed by atoms with Crippen molar-refractivity contribution in [3.8, 4) is 0 Å². The van der Waals surface area contributed by atoms with Gasteiger partial charge in [0.15, 0.2) is 0 Å². The maximum Gasteiger partial charge on any atom is 0.411 e. The molecule has 1 aromatic heterocycles. The van der Waals surface area contributed by atoms with Crippen molar-refractivity contribution >= 4 is 12.1 Å². The number of rotatable bonds is 3. The number of amides is 1. The topological polar surface area (TPSA) is 79.7 Å². The van der Waals surface area contributed by atoms with Crippen LogP contribution in [-0.4, -0.2) is 45.2 Å². The molecule has 0 aliphatic carbocycles. The monoisotopic (exact) mass is 306 g/mol. The molecule has 1 amide bonds. The Kier molecular flexibility index (Phi) is 4.68. The number of pyridine rings is 1. The largest absolute Gasteiger partial charge is 0.480 e. The molecule has 6 heteroatoms. The predicted octanol–water partition coefficient (Wildman–Crippen LogP) is 2.33. The lowest BCUT2D eigenvalue weighted by Gasteiger charge is -2.26. The molecule has 1 aliphatic heterocycles. The van der Waals surface area contributed by atoms with Crippen LogP contribution in [0, 0.1) is 5.92 Å². The Labute approximate surface area is 130 Å². The highest BCUT2D eigenvalue weighted by molar-refractivity contribution is 5.81. The molecule has 0 saturated carbocycles. The van der Waals surface area contributed by atoms with Crippen LogP contribution in [0.15, 0.2) is 24.5 Å². The van der Waals surface area contributed by atoms with Crippen molar-refractivity contribution in [2.75, 3.05) is 6.54 Å². The van der Waals surface area contributed by atoms with E-state index in [4.69, 9.17) is 4.74 Å². The number of carboxylic acid groups (broad SMARTS) is 1. The average molecular weight is 306 g/mol. The summed E-state index contributed by atoms with van der Waals surface area (Å²) in [5.74, 6) is -0.891. The van der Waals surface area contributed by atoms with Crippen molar-refractivity contribution in [2.24, 2.45) is 5.92 Å². The number of carboxylic acids is 1. The quantitative estimate of drug-likeness (QED) is 0.927. The molecule has 1 saturated heterocycles. The lowest BCUT2D eigenvalue weighted by molar-refractivity contribution is -0.142. The van der Waals surface area contributed by atoms with Gasteiger partial charge in [0.1, 0.15) is 11.6 Å². The second kappa shape index (κ2) is 6.34. The minimum absolute atomic E-state index is 0.0952. The summed E-state index contributed by atoms with van der Waals surface area (Å²) in [5, 5.41) is 9.35. The molecule has 2 rings (SSSR count). The Morgan fingerprint density at radius 1 is 1.45 bits per heavy atom. The number of ether oxygens (including phenoxy) is 1. The van der Waals surface area contributed by atoms with E-state index in [1.54, 1.807) is 33.2 Å². The van der Waals surface area contributed by atoms with Gasteiger partial charge in [-0.3, -0.25) is 9.88 Å². The zero-order valence-corrected chi connectivity index (χ0v) is 13.2. The molecule has 6 nitrogen and oxygen atoms in total. The van der Waals surface area contributed by atoms with Crippen LogP contribution >= 0.6 is 0 Å². The van der Waals surface area contributed by atoms with E-state index in [0.29, 0.717) is 19.4 Å². The van der Waals surface area contributed by atoms with Gasteiger partial charge in [0.25, 0.3) is 0 Å². The molecule has 1 N–H and O–H groups in total. The van der Waals surface area contributed by atoms with Crippen molar-refractivity contribution < 1.29 is 19.4 Å². The van der Waals surface area contributed by atoms with Crippen LogP contribution in [-0.2, 0) is 16.0 Å². The summed E-state index contributed by atoms with van der Waals surface area (Å²) >= 11 is 0. The Bertz CT molecular complexity index is 539. The Morgan fingerprint density at radius 3 is 2.73 bits per heavy atom.